The van der Waals surface area contributed by atoms with Crippen molar-refractivity contribution in [1.29, 1.82) is 0 Å². The summed E-state index contributed by atoms with van der Waals surface area (Å²) in [7, 11) is 0. The van der Waals surface area contributed by atoms with E-state index in [0.29, 0.717) is 11.8 Å². The predicted molar refractivity (Wildman–Crippen MR) is 66.5 cm³/mol. The zero-order chi connectivity index (χ0) is 11.1. The van der Waals surface area contributed by atoms with Crippen LogP contribution in [0.5, 0.6) is 0 Å². The van der Waals surface area contributed by atoms with Crippen molar-refractivity contribution < 1.29 is 4.42 Å². The molecule has 1 N–H and O–H groups in total. The van der Waals surface area contributed by atoms with Crippen LogP contribution in [0.1, 0.15) is 18.7 Å². The standard InChI is InChI=1S/C12H13BrN2O/c1-7-5-14-6-9(7)12-15-10-4-8(13)2-3-11(10)16-12/h2-4,7,9,14H,5-6H2,1H3/t7-,9-/m1/s1. The molecule has 3 nitrogen and oxygen atoms in total. The molecule has 1 aromatic carbocycles. The zero-order valence-electron chi connectivity index (χ0n) is 9.03. The van der Waals surface area contributed by atoms with E-state index in [0.717, 1.165) is 34.6 Å². The van der Waals surface area contributed by atoms with Gasteiger partial charge < -0.3 is 9.73 Å². The minimum Gasteiger partial charge on any atom is -0.440 e. The Kier molecular flexibility index (Phi) is 2.48. The van der Waals surface area contributed by atoms with Crippen LogP contribution in [0.25, 0.3) is 11.1 Å². The van der Waals surface area contributed by atoms with Crippen LogP contribution in [0.15, 0.2) is 27.1 Å². The smallest absolute Gasteiger partial charge is 0.200 e. The second-order valence-electron chi connectivity index (χ2n) is 4.41. The third kappa shape index (κ3) is 1.66. The first kappa shape index (κ1) is 10.3. The van der Waals surface area contributed by atoms with Gasteiger partial charge in [0.2, 0.25) is 0 Å². The zero-order valence-corrected chi connectivity index (χ0v) is 10.6. The normalized spacial score (nSPS) is 25.4. The molecule has 1 fully saturated rings. The molecule has 0 bridgehead atoms. The number of halogens is 1. The molecule has 0 unspecified atom stereocenters. The lowest BCUT2D eigenvalue weighted by molar-refractivity contribution is 0.435. The third-order valence-corrected chi connectivity index (χ3v) is 3.69. The van der Waals surface area contributed by atoms with Crippen molar-refractivity contribution in [2.24, 2.45) is 5.92 Å². The fraction of sp³-hybridized carbons (Fsp3) is 0.417. The lowest BCUT2D eigenvalue weighted by atomic mass is 9.98. The second kappa shape index (κ2) is 3.86. The lowest BCUT2D eigenvalue weighted by Gasteiger charge is -2.08. The predicted octanol–water partition coefficient (Wildman–Crippen LogP) is 2.91. The highest BCUT2D eigenvalue weighted by molar-refractivity contribution is 9.10. The highest BCUT2D eigenvalue weighted by Crippen LogP contribution is 2.30. The Morgan fingerprint density at radius 3 is 3.06 bits per heavy atom. The SMILES string of the molecule is C[C@@H]1CNC[C@H]1c1nc2cc(Br)ccc2o1. The van der Waals surface area contributed by atoms with Crippen molar-refractivity contribution in [2.75, 3.05) is 13.1 Å². The fourth-order valence-corrected chi connectivity index (χ4v) is 2.57. The van der Waals surface area contributed by atoms with Gasteiger partial charge in [-0.25, -0.2) is 4.98 Å². The van der Waals surface area contributed by atoms with E-state index in [1.165, 1.54) is 0 Å². The number of aromatic nitrogens is 1. The van der Waals surface area contributed by atoms with Gasteiger partial charge in [-0.1, -0.05) is 22.9 Å². The number of fused-ring (bicyclic) bond motifs is 1. The van der Waals surface area contributed by atoms with Crippen molar-refractivity contribution >= 4 is 27.0 Å². The van der Waals surface area contributed by atoms with E-state index in [9.17, 15) is 0 Å². The maximum Gasteiger partial charge on any atom is 0.200 e. The Bertz CT molecular complexity index is 523. The summed E-state index contributed by atoms with van der Waals surface area (Å²) in [5.74, 6) is 1.87. The number of nitrogens with zero attached hydrogens (tertiary/aromatic N) is 1. The molecule has 2 atom stereocenters. The Morgan fingerprint density at radius 1 is 1.44 bits per heavy atom. The van der Waals surface area contributed by atoms with Gasteiger partial charge in [0.15, 0.2) is 11.5 Å². The first-order valence-electron chi connectivity index (χ1n) is 5.51. The Labute approximate surface area is 102 Å². The summed E-state index contributed by atoms with van der Waals surface area (Å²) >= 11 is 3.44. The Balaban J connectivity index is 2.04. The number of hydrogen-bond acceptors (Lipinski definition) is 3. The van der Waals surface area contributed by atoms with Gasteiger partial charge in [-0.2, -0.15) is 0 Å². The van der Waals surface area contributed by atoms with Crippen LogP contribution in [0.3, 0.4) is 0 Å². The minimum absolute atomic E-state index is 0.408. The highest BCUT2D eigenvalue weighted by atomic mass is 79.9. The largest absolute Gasteiger partial charge is 0.440 e. The Hall–Kier alpha value is -0.870. The quantitative estimate of drug-likeness (QED) is 0.873. The van der Waals surface area contributed by atoms with Gasteiger partial charge >= 0.3 is 0 Å². The van der Waals surface area contributed by atoms with Gasteiger partial charge in [0.25, 0.3) is 0 Å². The van der Waals surface area contributed by atoms with Gasteiger partial charge in [-0.05, 0) is 30.7 Å². The molecule has 0 radical (unpaired) electrons. The molecule has 0 saturated carbocycles. The van der Waals surface area contributed by atoms with Crippen LogP contribution in [-0.4, -0.2) is 18.1 Å². The van der Waals surface area contributed by atoms with E-state index >= 15 is 0 Å². The molecule has 1 saturated heterocycles. The van der Waals surface area contributed by atoms with Gasteiger partial charge in [-0.15, -0.1) is 0 Å². The monoisotopic (exact) mass is 280 g/mol. The first-order valence-corrected chi connectivity index (χ1v) is 6.30. The van der Waals surface area contributed by atoms with Crippen molar-refractivity contribution in [1.82, 2.24) is 10.3 Å². The molecule has 0 aliphatic carbocycles. The van der Waals surface area contributed by atoms with Gasteiger partial charge in [-0.3, -0.25) is 0 Å². The van der Waals surface area contributed by atoms with Crippen LogP contribution in [-0.2, 0) is 0 Å². The molecule has 2 heterocycles. The highest BCUT2D eigenvalue weighted by Gasteiger charge is 2.28. The summed E-state index contributed by atoms with van der Waals surface area (Å²) in [5, 5.41) is 3.37. The molecule has 2 aromatic rings. The van der Waals surface area contributed by atoms with Crippen LogP contribution >= 0.6 is 15.9 Å². The van der Waals surface area contributed by atoms with E-state index in [-0.39, 0.29) is 0 Å². The van der Waals surface area contributed by atoms with E-state index in [1.54, 1.807) is 0 Å². The molecule has 1 aliphatic rings. The van der Waals surface area contributed by atoms with Gasteiger partial charge in [0.05, 0.1) is 5.92 Å². The Morgan fingerprint density at radius 2 is 2.31 bits per heavy atom. The van der Waals surface area contributed by atoms with Crippen molar-refractivity contribution in [3.05, 3.63) is 28.6 Å². The number of rotatable bonds is 1. The summed E-state index contributed by atoms with van der Waals surface area (Å²) < 4.78 is 6.84. The summed E-state index contributed by atoms with van der Waals surface area (Å²) in [4.78, 5) is 4.57. The van der Waals surface area contributed by atoms with E-state index in [4.69, 9.17) is 4.42 Å². The number of oxazole rings is 1. The number of benzene rings is 1. The molecule has 0 amide bonds. The second-order valence-corrected chi connectivity index (χ2v) is 5.32. The van der Waals surface area contributed by atoms with Crippen LogP contribution < -0.4 is 5.32 Å². The summed E-state index contributed by atoms with van der Waals surface area (Å²) in [6.07, 6.45) is 0. The molecule has 84 valence electrons. The number of nitrogens with one attached hydrogen (secondary N) is 1. The molecule has 3 rings (SSSR count). The van der Waals surface area contributed by atoms with Crippen molar-refractivity contribution in [2.45, 2.75) is 12.8 Å². The van der Waals surface area contributed by atoms with E-state index in [2.05, 4.69) is 33.2 Å². The number of hydrogen-bond donors (Lipinski definition) is 1. The van der Waals surface area contributed by atoms with Crippen LogP contribution in [0.2, 0.25) is 0 Å². The van der Waals surface area contributed by atoms with Gasteiger partial charge in [0, 0.05) is 11.0 Å². The average molecular weight is 281 g/mol. The maximum absolute atomic E-state index is 5.81. The maximum atomic E-state index is 5.81. The molecule has 16 heavy (non-hydrogen) atoms. The summed E-state index contributed by atoms with van der Waals surface area (Å²) in [6, 6.07) is 5.94. The average Bonchev–Trinajstić information content (AvgIpc) is 2.82. The van der Waals surface area contributed by atoms with Crippen molar-refractivity contribution in [3.8, 4) is 0 Å². The summed E-state index contributed by atoms with van der Waals surface area (Å²) in [5.41, 5.74) is 1.81. The molecule has 1 aromatic heterocycles. The van der Waals surface area contributed by atoms with E-state index in [1.807, 2.05) is 18.2 Å². The fourth-order valence-electron chi connectivity index (χ4n) is 2.22. The topological polar surface area (TPSA) is 38.1 Å². The molecule has 0 spiro atoms. The van der Waals surface area contributed by atoms with Gasteiger partial charge in [0.1, 0.15) is 5.52 Å². The van der Waals surface area contributed by atoms with Crippen LogP contribution in [0, 0.1) is 5.92 Å². The van der Waals surface area contributed by atoms with Crippen LogP contribution in [0.4, 0.5) is 0 Å². The lowest BCUT2D eigenvalue weighted by Crippen LogP contribution is -2.08. The molecular formula is C12H13BrN2O. The molecule has 4 heteroatoms. The minimum atomic E-state index is 0.408. The molecular weight excluding hydrogens is 268 g/mol. The summed E-state index contributed by atoms with van der Waals surface area (Å²) in [6.45, 7) is 4.25. The first-order chi connectivity index (χ1) is 7.74. The third-order valence-electron chi connectivity index (χ3n) is 3.20. The van der Waals surface area contributed by atoms with Crippen molar-refractivity contribution in [3.63, 3.8) is 0 Å². The molecule has 1 aliphatic heterocycles. The van der Waals surface area contributed by atoms with E-state index < -0.39 is 0 Å².